The third kappa shape index (κ3) is 1.98. The minimum Gasteiger partial charge on any atom is -0.396 e. The van der Waals surface area contributed by atoms with Crippen molar-refractivity contribution in [2.45, 2.75) is 12.8 Å². The van der Waals surface area contributed by atoms with Crippen molar-refractivity contribution < 1.29 is 0 Å². The molecule has 17 heavy (non-hydrogen) atoms. The zero-order valence-electron chi connectivity index (χ0n) is 10.0. The van der Waals surface area contributed by atoms with E-state index in [1.54, 1.807) is 10.7 Å². The maximum absolute atomic E-state index is 5.68. The second-order valence-electron chi connectivity index (χ2n) is 4.95. The van der Waals surface area contributed by atoms with Crippen LogP contribution in [0.3, 0.4) is 0 Å². The van der Waals surface area contributed by atoms with Crippen molar-refractivity contribution >= 4 is 11.3 Å². The maximum atomic E-state index is 5.68. The molecule has 5 nitrogen and oxygen atoms in total. The van der Waals surface area contributed by atoms with Crippen molar-refractivity contribution in [3.8, 4) is 0 Å². The van der Waals surface area contributed by atoms with Crippen LogP contribution in [0, 0.1) is 5.92 Å². The van der Waals surface area contributed by atoms with Gasteiger partial charge in [0.25, 0.3) is 0 Å². The first-order chi connectivity index (χ1) is 8.22. The number of nitrogens with two attached hydrogens (primary N) is 1. The van der Waals surface area contributed by atoms with Gasteiger partial charge in [-0.3, -0.25) is 0 Å². The largest absolute Gasteiger partial charge is 0.396 e. The van der Waals surface area contributed by atoms with E-state index in [1.165, 1.54) is 25.1 Å². The Morgan fingerprint density at radius 2 is 2.35 bits per heavy atom. The molecule has 2 aromatic rings. The summed E-state index contributed by atoms with van der Waals surface area (Å²) in [6.07, 6.45) is 7.75. The van der Waals surface area contributed by atoms with E-state index in [0.29, 0.717) is 5.69 Å². The molecule has 0 radical (unpaired) electrons. The van der Waals surface area contributed by atoms with Crippen molar-refractivity contribution in [1.82, 2.24) is 19.5 Å². The molecule has 0 aliphatic carbocycles. The number of anilines is 1. The highest BCUT2D eigenvalue weighted by atomic mass is 15.2. The van der Waals surface area contributed by atoms with E-state index in [-0.39, 0.29) is 0 Å². The molecule has 1 aliphatic heterocycles. The van der Waals surface area contributed by atoms with Gasteiger partial charge in [-0.1, -0.05) is 0 Å². The summed E-state index contributed by atoms with van der Waals surface area (Å²) in [5.41, 5.74) is 8.50. The Balaban J connectivity index is 1.85. The molecule has 1 fully saturated rings. The lowest BCUT2D eigenvalue weighted by atomic mass is 10.0. The van der Waals surface area contributed by atoms with Crippen molar-refractivity contribution in [2.24, 2.45) is 5.92 Å². The molecule has 3 heterocycles. The molecule has 2 N–H and O–H groups in total. The number of hydrogen-bond acceptors (Lipinski definition) is 4. The van der Waals surface area contributed by atoms with Crippen LogP contribution in [-0.2, 0) is 6.42 Å². The van der Waals surface area contributed by atoms with E-state index in [9.17, 15) is 0 Å². The third-order valence-electron chi connectivity index (χ3n) is 3.45. The molecule has 1 atom stereocenters. The predicted molar refractivity (Wildman–Crippen MR) is 66.7 cm³/mol. The van der Waals surface area contributed by atoms with Crippen molar-refractivity contribution in [3.63, 3.8) is 0 Å². The summed E-state index contributed by atoms with van der Waals surface area (Å²) >= 11 is 0. The fraction of sp³-hybridized carbons (Fsp3) is 0.500. The SMILES string of the molecule is CN1CCC(Cc2cnn3cc(N)cnc23)C1. The lowest BCUT2D eigenvalue weighted by Gasteiger charge is -2.08. The Hall–Kier alpha value is -1.62. The van der Waals surface area contributed by atoms with Crippen molar-refractivity contribution in [2.75, 3.05) is 25.9 Å². The van der Waals surface area contributed by atoms with Crippen molar-refractivity contribution in [1.29, 1.82) is 0 Å². The molecule has 0 spiro atoms. The minimum absolute atomic E-state index is 0.646. The van der Waals surface area contributed by atoms with E-state index in [2.05, 4.69) is 22.0 Å². The predicted octanol–water partition coefficient (Wildman–Crippen LogP) is 0.806. The van der Waals surface area contributed by atoms with Crippen LogP contribution in [0.2, 0.25) is 0 Å². The van der Waals surface area contributed by atoms with Gasteiger partial charge in [-0.2, -0.15) is 5.10 Å². The number of likely N-dealkylation sites (tertiary alicyclic amines) is 1. The van der Waals surface area contributed by atoms with Gasteiger partial charge in [0.15, 0.2) is 5.65 Å². The third-order valence-corrected chi connectivity index (χ3v) is 3.45. The zero-order chi connectivity index (χ0) is 11.8. The first kappa shape index (κ1) is 10.5. The fourth-order valence-corrected chi connectivity index (χ4v) is 2.59. The average Bonchev–Trinajstić information content (AvgIpc) is 2.86. The first-order valence-corrected chi connectivity index (χ1v) is 5.98. The van der Waals surface area contributed by atoms with E-state index in [4.69, 9.17) is 5.73 Å². The topological polar surface area (TPSA) is 59.5 Å². The summed E-state index contributed by atoms with van der Waals surface area (Å²) in [6, 6.07) is 0. The van der Waals surface area contributed by atoms with Gasteiger partial charge >= 0.3 is 0 Å². The Kier molecular flexibility index (Phi) is 2.48. The fourth-order valence-electron chi connectivity index (χ4n) is 2.59. The smallest absolute Gasteiger partial charge is 0.158 e. The Bertz CT molecular complexity index is 533. The van der Waals surface area contributed by atoms with Crippen LogP contribution in [0.1, 0.15) is 12.0 Å². The molecule has 0 amide bonds. The highest BCUT2D eigenvalue weighted by Crippen LogP contribution is 2.21. The van der Waals surface area contributed by atoms with Crippen LogP contribution in [0.4, 0.5) is 5.69 Å². The number of rotatable bonds is 2. The molecule has 0 bridgehead atoms. The molecule has 2 aromatic heterocycles. The Morgan fingerprint density at radius 3 is 3.12 bits per heavy atom. The van der Waals surface area contributed by atoms with Gasteiger partial charge in [0.05, 0.1) is 24.3 Å². The van der Waals surface area contributed by atoms with E-state index < -0.39 is 0 Å². The van der Waals surface area contributed by atoms with Gasteiger partial charge in [0.1, 0.15) is 0 Å². The summed E-state index contributed by atoms with van der Waals surface area (Å²) in [7, 11) is 2.18. The number of fused-ring (bicyclic) bond motifs is 1. The molecule has 0 saturated carbocycles. The second-order valence-corrected chi connectivity index (χ2v) is 4.95. The van der Waals surface area contributed by atoms with Gasteiger partial charge in [-0.25, -0.2) is 9.50 Å². The minimum atomic E-state index is 0.646. The zero-order valence-corrected chi connectivity index (χ0v) is 10.0. The monoisotopic (exact) mass is 231 g/mol. The van der Waals surface area contributed by atoms with Crippen LogP contribution in [0.25, 0.3) is 5.65 Å². The van der Waals surface area contributed by atoms with Crippen molar-refractivity contribution in [3.05, 3.63) is 24.2 Å². The highest BCUT2D eigenvalue weighted by molar-refractivity contribution is 5.49. The number of nitrogen functional groups attached to an aromatic ring is 1. The van der Waals surface area contributed by atoms with E-state index in [0.717, 1.165) is 18.0 Å². The average molecular weight is 231 g/mol. The maximum Gasteiger partial charge on any atom is 0.158 e. The van der Waals surface area contributed by atoms with E-state index in [1.807, 2.05) is 12.4 Å². The molecular formula is C12H17N5. The second kappa shape index (κ2) is 4.00. The molecule has 0 aromatic carbocycles. The number of nitrogens with zero attached hydrogens (tertiary/aromatic N) is 4. The summed E-state index contributed by atoms with van der Waals surface area (Å²) in [6.45, 7) is 2.37. The van der Waals surface area contributed by atoms with Gasteiger partial charge in [-0.05, 0) is 32.4 Å². The Morgan fingerprint density at radius 1 is 1.47 bits per heavy atom. The van der Waals surface area contributed by atoms with Crippen LogP contribution in [-0.4, -0.2) is 39.6 Å². The molecule has 1 aliphatic rings. The lowest BCUT2D eigenvalue weighted by Crippen LogP contribution is -2.15. The van der Waals surface area contributed by atoms with Gasteiger partial charge in [-0.15, -0.1) is 0 Å². The van der Waals surface area contributed by atoms with Gasteiger partial charge in [0, 0.05) is 12.1 Å². The molecule has 5 heteroatoms. The lowest BCUT2D eigenvalue weighted by molar-refractivity contribution is 0.394. The standard InChI is InChI=1S/C12H17N5/c1-16-3-2-9(7-16)4-10-5-15-17-8-11(13)6-14-12(10)17/h5-6,8-9H,2-4,7,13H2,1H3. The molecule has 1 saturated heterocycles. The number of aromatic nitrogens is 3. The number of hydrogen-bond donors (Lipinski definition) is 1. The van der Waals surface area contributed by atoms with Crippen LogP contribution in [0.5, 0.6) is 0 Å². The van der Waals surface area contributed by atoms with Gasteiger partial charge in [0.2, 0.25) is 0 Å². The molecule has 1 unspecified atom stereocenters. The van der Waals surface area contributed by atoms with Crippen LogP contribution < -0.4 is 5.73 Å². The summed E-state index contributed by atoms with van der Waals surface area (Å²) < 4.78 is 1.77. The molecular weight excluding hydrogens is 214 g/mol. The molecule has 3 rings (SSSR count). The normalized spacial score (nSPS) is 21.4. The first-order valence-electron chi connectivity index (χ1n) is 5.98. The van der Waals surface area contributed by atoms with Crippen LogP contribution in [0.15, 0.2) is 18.6 Å². The quantitative estimate of drug-likeness (QED) is 0.830. The molecule has 90 valence electrons. The summed E-state index contributed by atoms with van der Waals surface area (Å²) in [5.74, 6) is 0.729. The van der Waals surface area contributed by atoms with Gasteiger partial charge < -0.3 is 10.6 Å². The summed E-state index contributed by atoms with van der Waals surface area (Å²) in [4.78, 5) is 6.74. The van der Waals surface area contributed by atoms with Crippen LogP contribution >= 0.6 is 0 Å². The van der Waals surface area contributed by atoms with E-state index >= 15 is 0 Å². The summed E-state index contributed by atoms with van der Waals surface area (Å²) in [5, 5.41) is 4.30. The highest BCUT2D eigenvalue weighted by Gasteiger charge is 2.21. The Labute approximate surface area is 100 Å².